The molecule has 6 heteroatoms. The van der Waals surface area contributed by atoms with E-state index in [1.54, 1.807) is 6.33 Å². The minimum absolute atomic E-state index is 0.692. The van der Waals surface area contributed by atoms with E-state index >= 15 is 0 Å². The van der Waals surface area contributed by atoms with Gasteiger partial charge in [-0.1, -0.05) is 0 Å². The first kappa shape index (κ1) is 14.0. The Kier molecular flexibility index (Phi) is 3.95. The van der Waals surface area contributed by atoms with E-state index in [0.717, 1.165) is 56.2 Å². The predicted molar refractivity (Wildman–Crippen MR) is 86.1 cm³/mol. The lowest BCUT2D eigenvalue weighted by Crippen LogP contribution is -2.43. The normalized spacial score (nSPS) is 24.5. The van der Waals surface area contributed by atoms with Crippen LogP contribution in [0, 0.1) is 0 Å². The van der Waals surface area contributed by atoms with Gasteiger partial charge in [-0.25, -0.2) is 9.97 Å². The van der Waals surface area contributed by atoms with Crippen molar-refractivity contribution in [2.45, 2.75) is 25.3 Å². The van der Waals surface area contributed by atoms with Gasteiger partial charge < -0.3 is 14.6 Å². The lowest BCUT2D eigenvalue weighted by atomic mass is 10.1. The number of anilines is 1. The topological polar surface area (TPSA) is 57.3 Å². The Morgan fingerprint density at radius 1 is 1.09 bits per heavy atom. The smallest absolute Gasteiger partial charge is 0.142 e. The number of hydrogen-bond acceptors (Lipinski definition) is 5. The zero-order valence-electron chi connectivity index (χ0n) is 12.9. The van der Waals surface area contributed by atoms with Crippen molar-refractivity contribution < 1.29 is 4.74 Å². The third-order valence-corrected chi connectivity index (χ3v) is 4.89. The standard InChI is InChI=1S/C16H23N5O/c1-2-13(20-8-10-22-11-9-20)4-7-21(6-1)16-14-3-5-17-15(14)18-12-19-16/h3,5,12-13H,1-2,4,6-11H2,(H,17,18,19). The van der Waals surface area contributed by atoms with Crippen LogP contribution in [0.25, 0.3) is 11.0 Å². The number of nitrogens with one attached hydrogen (secondary N) is 1. The summed E-state index contributed by atoms with van der Waals surface area (Å²) in [4.78, 5) is 17.1. The van der Waals surface area contributed by atoms with Crippen molar-refractivity contribution in [2.24, 2.45) is 0 Å². The molecule has 2 fully saturated rings. The maximum atomic E-state index is 5.48. The monoisotopic (exact) mass is 301 g/mol. The molecule has 2 aliphatic heterocycles. The molecule has 2 aliphatic rings. The van der Waals surface area contributed by atoms with Crippen LogP contribution < -0.4 is 4.90 Å². The molecule has 4 rings (SSSR count). The Morgan fingerprint density at radius 2 is 2.00 bits per heavy atom. The average Bonchev–Trinajstić information content (AvgIpc) is 2.92. The van der Waals surface area contributed by atoms with Gasteiger partial charge in [-0.3, -0.25) is 4.90 Å². The molecule has 1 unspecified atom stereocenters. The Hall–Kier alpha value is -1.66. The molecule has 118 valence electrons. The quantitative estimate of drug-likeness (QED) is 0.914. The minimum Gasteiger partial charge on any atom is -0.379 e. The van der Waals surface area contributed by atoms with E-state index in [9.17, 15) is 0 Å². The van der Waals surface area contributed by atoms with Crippen LogP contribution >= 0.6 is 0 Å². The number of hydrogen-bond donors (Lipinski definition) is 1. The van der Waals surface area contributed by atoms with Crippen molar-refractivity contribution in [1.29, 1.82) is 0 Å². The van der Waals surface area contributed by atoms with Crippen molar-refractivity contribution in [2.75, 3.05) is 44.3 Å². The summed E-state index contributed by atoms with van der Waals surface area (Å²) in [7, 11) is 0. The van der Waals surface area contributed by atoms with Gasteiger partial charge in [-0.15, -0.1) is 0 Å². The third-order valence-electron chi connectivity index (χ3n) is 4.89. The van der Waals surface area contributed by atoms with Crippen LogP contribution in [0.15, 0.2) is 18.6 Å². The Morgan fingerprint density at radius 3 is 2.91 bits per heavy atom. The fraction of sp³-hybridized carbons (Fsp3) is 0.625. The molecule has 1 atom stereocenters. The van der Waals surface area contributed by atoms with Gasteiger partial charge in [0, 0.05) is 38.4 Å². The van der Waals surface area contributed by atoms with E-state index in [-0.39, 0.29) is 0 Å². The molecule has 1 N–H and O–H groups in total. The van der Waals surface area contributed by atoms with E-state index in [1.165, 1.54) is 19.3 Å². The van der Waals surface area contributed by atoms with Gasteiger partial charge in [0.25, 0.3) is 0 Å². The highest BCUT2D eigenvalue weighted by atomic mass is 16.5. The molecule has 6 nitrogen and oxygen atoms in total. The summed E-state index contributed by atoms with van der Waals surface area (Å²) in [5, 5.41) is 1.13. The van der Waals surface area contributed by atoms with Crippen molar-refractivity contribution in [3.63, 3.8) is 0 Å². The second-order valence-corrected chi connectivity index (χ2v) is 6.16. The van der Waals surface area contributed by atoms with Crippen LogP contribution in [0.4, 0.5) is 5.82 Å². The zero-order valence-corrected chi connectivity index (χ0v) is 12.9. The van der Waals surface area contributed by atoms with Crippen LogP contribution in [-0.2, 0) is 4.74 Å². The molecule has 0 aliphatic carbocycles. The summed E-state index contributed by atoms with van der Waals surface area (Å²) < 4.78 is 5.48. The van der Waals surface area contributed by atoms with Crippen LogP contribution in [0.1, 0.15) is 19.3 Å². The Labute approximate surface area is 130 Å². The molecule has 0 bridgehead atoms. The average molecular weight is 301 g/mol. The second-order valence-electron chi connectivity index (χ2n) is 6.16. The molecule has 0 aromatic carbocycles. The summed E-state index contributed by atoms with van der Waals surface area (Å²) >= 11 is 0. The van der Waals surface area contributed by atoms with Crippen LogP contribution in [0.2, 0.25) is 0 Å². The molecular weight excluding hydrogens is 278 g/mol. The number of fused-ring (bicyclic) bond motifs is 1. The number of ether oxygens (including phenoxy) is 1. The highest BCUT2D eigenvalue weighted by Gasteiger charge is 2.25. The van der Waals surface area contributed by atoms with E-state index in [0.29, 0.717) is 6.04 Å². The lowest BCUT2D eigenvalue weighted by Gasteiger charge is -2.34. The number of aromatic nitrogens is 3. The van der Waals surface area contributed by atoms with Gasteiger partial charge in [0.15, 0.2) is 0 Å². The molecular formula is C16H23N5O. The number of aromatic amines is 1. The number of nitrogens with zero attached hydrogens (tertiary/aromatic N) is 4. The largest absolute Gasteiger partial charge is 0.379 e. The van der Waals surface area contributed by atoms with Crippen LogP contribution in [0.3, 0.4) is 0 Å². The maximum Gasteiger partial charge on any atom is 0.142 e. The molecule has 0 amide bonds. The van der Waals surface area contributed by atoms with Gasteiger partial charge in [-0.2, -0.15) is 0 Å². The molecule has 0 saturated carbocycles. The van der Waals surface area contributed by atoms with E-state index in [2.05, 4.69) is 30.8 Å². The SMILES string of the molecule is c1nc(N2CCCC(N3CCOCC3)CC2)c2cc[nH]c2n1. The fourth-order valence-electron chi connectivity index (χ4n) is 3.71. The van der Waals surface area contributed by atoms with Crippen molar-refractivity contribution in [3.05, 3.63) is 18.6 Å². The summed E-state index contributed by atoms with van der Waals surface area (Å²) in [6, 6.07) is 2.77. The first-order valence-electron chi connectivity index (χ1n) is 8.26. The number of morpholine rings is 1. The third kappa shape index (κ3) is 2.68. The molecule has 2 aromatic heterocycles. The molecule has 0 spiro atoms. The van der Waals surface area contributed by atoms with Gasteiger partial charge in [0.2, 0.25) is 0 Å². The first-order valence-corrected chi connectivity index (χ1v) is 8.26. The highest BCUT2D eigenvalue weighted by Crippen LogP contribution is 2.26. The zero-order chi connectivity index (χ0) is 14.8. The molecule has 2 saturated heterocycles. The number of rotatable bonds is 2. The van der Waals surface area contributed by atoms with Crippen LogP contribution in [-0.4, -0.2) is 65.3 Å². The predicted octanol–water partition coefficient (Wildman–Crippen LogP) is 1.65. The summed E-state index contributed by atoms with van der Waals surface area (Å²) in [6.45, 7) is 6.09. The second kappa shape index (κ2) is 6.22. The first-order chi connectivity index (χ1) is 10.9. The summed E-state index contributed by atoms with van der Waals surface area (Å²) in [5.74, 6) is 1.08. The van der Waals surface area contributed by atoms with Gasteiger partial charge in [0.05, 0.1) is 18.6 Å². The molecule has 2 aromatic rings. The molecule has 22 heavy (non-hydrogen) atoms. The summed E-state index contributed by atoms with van der Waals surface area (Å²) in [5.41, 5.74) is 0.930. The minimum atomic E-state index is 0.692. The lowest BCUT2D eigenvalue weighted by molar-refractivity contribution is 0.0142. The van der Waals surface area contributed by atoms with Crippen molar-refractivity contribution in [3.8, 4) is 0 Å². The fourth-order valence-corrected chi connectivity index (χ4v) is 3.71. The van der Waals surface area contributed by atoms with Gasteiger partial charge >= 0.3 is 0 Å². The highest BCUT2D eigenvalue weighted by molar-refractivity contribution is 5.87. The van der Waals surface area contributed by atoms with E-state index in [1.807, 2.05) is 6.20 Å². The molecule has 4 heterocycles. The molecule has 0 radical (unpaired) electrons. The Bertz CT molecular complexity index is 622. The van der Waals surface area contributed by atoms with Crippen LogP contribution in [0.5, 0.6) is 0 Å². The summed E-state index contributed by atoms with van der Waals surface area (Å²) in [6.07, 6.45) is 7.31. The van der Waals surface area contributed by atoms with E-state index in [4.69, 9.17) is 4.74 Å². The van der Waals surface area contributed by atoms with E-state index < -0.39 is 0 Å². The van der Waals surface area contributed by atoms with Gasteiger partial charge in [-0.05, 0) is 25.3 Å². The Balaban J connectivity index is 1.49. The number of H-pyrrole nitrogens is 1. The van der Waals surface area contributed by atoms with Crippen molar-refractivity contribution >= 4 is 16.9 Å². The van der Waals surface area contributed by atoms with Crippen molar-refractivity contribution in [1.82, 2.24) is 19.9 Å². The maximum absolute atomic E-state index is 5.48. The van der Waals surface area contributed by atoms with Gasteiger partial charge in [0.1, 0.15) is 17.8 Å².